The van der Waals surface area contributed by atoms with Gasteiger partial charge in [0, 0.05) is 35.2 Å². The van der Waals surface area contributed by atoms with Crippen LogP contribution in [0.25, 0.3) is 0 Å². The van der Waals surface area contributed by atoms with Gasteiger partial charge in [-0.2, -0.15) is 0 Å². The van der Waals surface area contributed by atoms with Crippen molar-refractivity contribution in [3.8, 4) is 0 Å². The molecule has 4 heteroatoms. The molecule has 1 aromatic heterocycles. The average Bonchev–Trinajstić information content (AvgIpc) is 2.89. The van der Waals surface area contributed by atoms with Gasteiger partial charge in [0.25, 0.3) is 0 Å². The smallest absolute Gasteiger partial charge is 0.0794 e. The quantitative estimate of drug-likeness (QED) is 0.849. The second-order valence-electron chi connectivity index (χ2n) is 5.05. The van der Waals surface area contributed by atoms with Crippen LogP contribution >= 0.6 is 11.3 Å². The predicted molar refractivity (Wildman–Crippen MR) is 66.5 cm³/mol. The zero-order valence-electron chi connectivity index (χ0n) is 9.94. The van der Waals surface area contributed by atoms with Gasteiger partial charge in [0.15, 0.2) is 0 Å². The lowest BCUT2D eigenvalue weighted by Gasteiger charge is -2.32. The Bertz CT molecular complexity index is 328. The molecule has 0 radical (unpaired) electrons. The third-order valence-corrected chi connectivity index (χ3v) is 4.73. The number of aliphatic hydroxyl groups is 1. The van der Waals surface area contributed by atoms with Crippen LogP contribution in [0.5, 0.6) is 0 Å². The van der Waals surface area contributed by atoms with Crippen molar-refractivity contribution >= 4 is 11.3 Å². The van der Waals surface area contributed by atoms with E-state index in [1.807, 2.05) is 11.7 Å². The summed E-state index contributed by atoms with van der Waals surface area (Å²) < 4.78 is 0. The Balaban J connectivity index is 1.99. The fourth-order valence-corrected chi connectivity index (χ4v) is 3.17. The number of nitrogens with one attached hydrogen (secondary N) is 1. The van der Waals surface area contributed by atoms with E-state index in [1.165, 1.54) is 17.7 Å². The standard InChI is InChI=1S/C12H20N2OS/c1-9(10-6-13-8-16-10)14-11-4-3-5-12(11,2)7-15/h6,8-9,11,14-15H,3-5,7H2,1-2H3. The van der Waals surface area contributed by atoms with E-state index < -0.39 is 0 Å². The minimum absolute atomic E-state index is 0.0545. The van der Waals surface area contributed by atoms with Crippen LogP contribution in [0.3, 0.4) is 0 Å². The van der Waals surface area contributed by atoms with E-state index in [-0.39, 0.29) is 12.0 Å². The highest BCUT2D eigenvalue weighted by atomic mass is 32.1. The molecule has 2 N–H and O–H groups in total. The summed E-state index contributed by atoms with van der Waals surface area (Å²) in [5.41, 5.74) is 1.92. The molecule has 3 nitrogen and oxygen atoms in total. The number of hydrogen-bond donors (Lipinski definition) is 2. The van der Waals surface area contributed by atoms with Gasteiger partial charge >= 0.3 is 0 Å². The first-order chi connectivity index (χ1) is 7.65. The minimum atomic E-state index is 0.0545. The third kappa shape index (κ3) is 2.29. The summed E-state index contributed by atoms with van der Waals surface area (Å²) in [6, 6.07) is 0.760. The summed E-state index contributed by atoms with van der Waals surface area (Å²) in [6.07, 6.45) is 5.43. The molecule has 2 rings (SSSR count). The lowest BCUT2D eigenvalue weighted by molar-refractivity contribution is 0.114. The number of thiazole rings is 1. The monoisotopic (exact) mass is 240 g/mol. The Labute approximate surface area is 101 Å². The van der Waals surface area contributed by atoms with Gasteiger partial charge in [-0.25, -0.2) is 0 Å². The fraction of sp³-hybridized carbons (Fsp3) is 0.750. The maximum absolute atomic E-state index is 9.49. The minimum Gasteiger partial charge on any atom is -0.396 e. The summed E-state index contributed by atoms with van der Waals surface area (Å²) in [5, 5.41) is 13.1. The van der Waals surface area contributed by atoms with Gasteiger partial charge in [-0.05, 0) is 19.8 Å². The van der Waals surface area contributed by atoms with Crippen molar-refractivity contribution in [2.45, 2.75) is 45.2 Å². The van der Waals surface area contributed by atoms with Crippen LogP contribution < -0.4 is 5.32 Å². The molecule has 1 heterocycles. The van der Waals surface area contributed by atoms with Crippen molar-refractivity contribution < 1.29 is 5.11 Å². The first-order valence-corrected chi connectivity index (χ1v) is 6.79. The summed E-state index contributed by atoms with van der Waals surface area (Å²) in [4.78, 5) is 5.37. The van der Waals surface area contributed by atoms with Gasteiger partial charge in [-0.15, -0.1) is 11.3 Å². The molecule has 1 aliphatic carbocycles. The van der Waals surface area contributed by atoms with Crippen LogP contribution in [0.4, 0.5) is 0 Å². The van der Waals surface area contributed by atoms with Crippen molar-refractivity contribution in [1.82, 2.24) is 10.3 Å². The molecule has 90 valence electrons. The first kappa shape index (κ1) is 12.0. The van der Waals surface area contributed by atoms with Crippen molar-refractivity contribution in [2.24, 2.45) is 5.41 Å². The average molecular weight is 240 g/mol. The van der Waals surface area contributed by atoms with E-state index in [4.69, 9.17) is 0 Å². The lowest BCUT2D eigenvalue weighted by atomic mass is 9.85. The van der Waals surface area contributed by atoms with Crippen LogP contribution in [0, 0.1) is 5.41 Å². The Morgan fingerprint density at radius 1 is 1.75 bits per heavy atom. The van der Waals surface area contributed by atoms with Gasteiger partial charge in [-0.3, -0.25) is 4.98 Å². The number of rotatable bonds is 4. The molecule has 1 saturated carbocycles. The molecule has 1 fully saturated rings. The van der Waals surface area contributed by atoms with Gasteiger partial charge in [0.1, 0.15) is 0 Å². The van der Waals surface area contributed by atoms with Gasteiger partial charge in [0.05, 0.1) is 5.51 Å². The maximum Gasteiger partial charge on any atom is 0.0794 e. The zero-order chi connectivity index (χ0) is 11.6. The lowest BCUT2D eigenvalue weighted by Crippen LogP contribution is -2.42. The van der Waals surface area contributed by atoms with Crippen LogP contribution in [0.1, 0.15) is 44.0 Å². The molecule has 1 aromatic rings. The summed E-state index contributed by atoms with van der Waals surface area (Å²) in [5.74, 6) is 0. The second-order valence-corrected chi connectivity index (χ2v) is 5.97. The largest absolute Gasteiger partial charge is 0.396 e. The predicted octanol–water partition coefficient (Wildman–Crippen LogP) is 2.34. The molecule has 3 atom stereocenters. The molecule has 0 aromatic carbocycles. The maximum atomic E-state index is 9.49. The molecule has 0 saturated heterocycles. The first-order valence-electron chi connectivity index (χ1n) is 5.91. The normalized spacial score (nSPS) is 31.8. The second kappa shape index (κ2) is 4.82. The number of aliphatic hydroxyl groups excluding tert-OH is 1. The highest BCUT2D eigenvalue weighted by Gasteiger charge is 2.38. The SMILES string of the molecule is CC(NC1CCCC1(C)CO)c1cncs1. The molecule has 3 unspecified atom stereocenters. The van der Waals surface area contributed by atoms with E-state index in [2.05, 4.69) is 24.1 Å². The summed E-state index contributed by atoms with van der Waals surface area (Å²) in [7, 11) is 0. The molecule has 0 spiro atoms. The number of hydrogen-bond acceptors (Lipinski definition) is 4. The van der Waals surface area contributed by atoms with E-state index in [0.717, 1.165) is 6.42 Å². The van der Waals surface area contributed by atoms with Gasteiger partial charge in [-0.1, -0.05) is 13.3 Å². The molecule has 1 aliphatic rings. The molecule has 0 bridgehead atoms. The highest BCUT2D eigenvalue weighted by Crippen LogP contribution is 2.38. The molecule has 16 heavy (non-hydrogen) atoms. The van der Waals surface area contributed by atoms with Crippen molar-refractivity contribution in [1.29, 1.82) is 0 Å². The Morgan fingerprint density at radius 3 is 3.19 bits per heavy atom. The summed E-state index contributed by atoms with van der Waals surface area (Å²) in [6.45, 7) is 4.63. The fourth-order valence-electron chi connectivity index (χ4n) is 2.53. The van der Waals surface area contributed by atoms with Crippen LogP contribution in [-0.2, 0) is 0 Å². The van der Waals surface area contributed by atoms with Crippen molar-refractivity contribution in [3.05, 3.63) is 16.6 Å². The van der Waals surface area contributed by atoms with Crippen molar-refractivity contribution in [3.63, 3.8) is 0 Å². The third-order valence-electron chi connectivity index (χ3n) is 3.77. The molecule has 0 amide bonds. The zero-order valence-corrected chi connectivity index (χ0v) is 10.8. The van der Waals surface area contributed by atoms with E-state index in [0.29, 0.717) is 12.1 Å². The summed E-state index contributed by atoms with van der Waals surface area (Å²) >= 11 is 1.69. The molecular formula is C12H20N2OS. The van der Waals surface area contributed by atoms with Crippen LogP contribution in [0.15, 0.2) is 11.7 Å². The van der Waals surface area contributed by atoms with Gasteiger partial charge in [0.2, 0.25) is 0 Å². The van der Waals surface area contributed by atoms with Crippen LogP contribution in [-0.4, -0.2) is 22.7 Å². The Morgan fingerprint density at radius 2 is 2.56 bits per heavy atom. The molecular weight excluding hydrogens is 220 g/mol. The van der Waals surface area contributed by atoms with E-state index >= 15 is 0 Å². The van der Waals surface area contributed by atoms with E-state index in [1.54, 1.807) is 11.3 Å². The van der Waals surface area contributed by atoms with Crippen LogP contribution in [0.2, 0.25) is 0 Å². The number of aromatic nitrogens is 1. The molecule has 0 aliphatic heterocycles. The van der Waals surface area contributed by atoms with E-state index in [9.17, 15) is 5.11 Å². The van der Waals surface area contributed by atoms with Gasteiger partial charge < -0.3 is 10.4 Å². The highest BCUT2D eigenvalue weighted by molar-refractivity contribution is 7.09. The topological polar surface area (TPSA) is 45.1 Å². The van der Waals surface area contributed by atoms with Crippen molar-refractivity contribution in [2.75, 3.05) is 6.61 Å². The Hall–Kier alpha value is -0.450. The Kier molecular flexibility index (Phi) is 3.62. The number of nitrogens with zero attached hydrogens (tertiary/aromatic N) is 1.